The quantitative estimate of drug-likeness (QED) is 0.825. The molecule has 6 nitrogen and oxygen atoms in total. The number of nitrogens with one attached hydrogen (secondary N) is 1. The first kappa shape index (κ1) is 12.9. The number of ether oxygens (including phenoxy) is 1. The van der Waals surface area contributed by atoms with Crippen LogP contribution < -0.4 is 5.73 Å². The first-order valence-corrected chi connectivity index (χ1v) is 6.71. The van der Waals surface area contributed by atoms with Gasteiger partial charge in [0.2, 0.25) is 0 Å². The van der Waals surface area contributed by atoms with Crippen molar-refractivity contribution in [3.8, 4) is 0 Å². The lowest BCUT2D eigenvalue weighted by Gasteiger charge is -2.15. The van der Waals surface area contributed by atoms with E-state index in [9.17, 15) is 4.79 Å². The number of rotatable bonds is 3. The number of H-pyrrole nitrogens is 1. The standard InChI is InChI=1S/C14H18N4O2/c1-20-8-9-4-5-18(7-9)14(19)13-11-6-10(15)2-3-12(11)16-17-13/h2-3,6,9H,4-5,7-8,15H2,1H3,(H,16,17). The van der Waals surface area contributed by atoms with E-state index in [0.717, 1.165) is 30.4 Å². The van der Waals surface area contributed by atoms with Gasteiger partial charge in [0.15, 0.2) is 5.69 Å². The molecule has 106 valence electrons. The van der Waals surface area contributed by atoms with Gasteiger partial charge in [-0.1, -0.05) is 0 Å². The minimum atomic E-state index is -0.0412. The number of benzene rings is 1. The van der Waals surface area contributed by atoms with E-state index in [1.165, 1.54) is 0 Å². The summed E-state index contributed by atoms with van der Waals surface area (Å²) in [5.41, 5.74) is 7.69. The average molecular weight is 274 g/mol. The van der Waals surface area contributed by atoms with Gasteiger partial charge in [0.05, 0.1) is 12.1 Å². The van der Waals surface area contributed by atoms with Gasteiger partial charge in [0, 0.05) is 37.2 Å². The van der Waals surface area contributed by atoms with Gasteiger partial charge >= 0.3 is 0 Å². The number of amides is 1. The Labute approximate surface area is 116 Å². The van der Waals surface area contributed by atoms with Gasteiger partial charge in [-0.25, -0.2) is 0 Å². The smallest absolute Gasteiger partial charge is 0.275 e. The molecule has 1 saturated heterocycles. The molecule has 20 heavy (non-hydrogen) atoms. The van der Waals surface area contributed by atoms with Crippen LogP contribution in [-0.4, -0.2) is 47.8 Å². The van der Waals surface area contributed by atoms with Crippen LogP contribution in [0.2, 0.25) is 0 Å². The fraction of sp³-hybridized carbons (Fsp3) is 0.429. The molecule has 1 unspecified atom stereocenters. The lowest BCUT2D eigenvalue weighted by molar-refractivity contribution is 0.0771. The van der Waals surface area contributed by atoms with Crippen molar-refractivity contribution in [1.82, 2.24) is 15.1 Å². The maximum atomic E-state index is 12.5. The summed E-state index contributed by atoms with van der Waals surface area (Å²) < 4.78 is 5.15. The van der Waals surface area contributed by atoms with E-state index in [1.807, 2.05) is 11.0 Å². The number of hydrogen-bond donors (Lipinski definition) is 2. The number of nitrogen functional groups attached to an aromatic ring is 1. The van der Waals surface area contributed by atoms with E-state index < -0.39 is 0 Å². The van der Waals surface area contributed by atoms with Crippen LogP contribution in [0.15, 0.2) is 18.2 Å². The minimum Gasteiger partial charge on any atom is -0.399 e. The van der Waals surface area contributed by atoms with Crippen LogP contribution in [0.5, 0.6) is 0 Å². The number of nitrogens with two attached hydrogens (primary N) is 1. The molecule has 3 rings (SSSR count). The second kappa shape index (κ2) is 5.13. The van der Waals surface area contributed by atoms with Crippen molar-refractivity contribution in [2.45, 2.75) is 6.42 Å². The summed E-state index contributed by atoms with van der Waals surface area (Å²) in [4.78, 5) is 14.4. The number of nitrogens with zero attached hydrogens (tertiary/aromatic N) is 2. The molecule has 1 aromatic carbocycles. The fourth-order valence-corrected chi connectivity index (χ4v) is 2.73. The molecule has 3 N–H and O–H groups in total. The summed E-state index contributed by atoms with van der Waals surface area (Å²) >= 11 is 0. The molecule has 1 aromatic heterocycles. The maximum Gasteiger partial charge on any atom is 0.275 e. The van der Waals surface area contributed by atoms with Crippen LogP contribution in [0.25, 0.3) is 10.9 Å². The molecule has 0 saturated carbocycles. The third-order valence-electron chi connectivity index (χ3n) is 3.76. The van der Waals surface area contributed by atoms with Gasteiger partial charge in [-0.05, 0) is 24.6 Å². The molecule has 1 aliphatic heterocycles. The van der Waals surface area contributed by atoms with Gasteiger partial charge in [0.25, 0.3) is 5.91 Å². The van der Waals surface area contributed by atoms with Gasteiger partial charge < -0.3 is 15.4 Å². The Balaban J connectivity index is 1.84. The van der Waals surface area contributed by atoms with Crippen molar-refractivity contribution in [2.24, 2.45) is 5.92 Å². The van der Waals surface area contributed by atoms with Crippen molar-refractivity contribution >= 4 is 22.5 Å². The SMILES string of the molecule is COCC1CCN(C(=O)c2n[nH]c3ccc(N)cc23)C1. The Morgan fingerprint density at radius 2 is 2.45 bits per heavy atom. The molecule has 1 aliphatic rings. The van der Waals surface area contributed by atoms with E-state index in [-0.39, 0.29) is 5.91 Å². The monoisotopic (exact) mass is 274 g/mol. The van der Waals surface area contributed by atoms with Crippen molar-refractivity contribution in [2.75, 3.05) is 32.5 Å². The molecular weight excluding hydrogens is 256 g/mol. The van der Waals surface area contributed by atoms with Crippen LogP contribution in [0.3, 0.4) is 0 Å². The molecule has 6 heteroatoms. The zero-order valence-corrected chi connectivity index (χ0v) is 11.4. The van der Waals surface area contributed by atoms with E-state index in [4.69, 9.17) is 10.5 Å². The summed E-state index contributed by atoms with van der Waals surface area (Å²) in [7, 11) is 1.69. The normalized spacial score (nSPS) is 18.9. The summed E-state index contributed by atoms with van der Waals surface area (Å²) in [5.74, 6) is 0.375. The number of fused-ring (bicyclic) bond motifs is 1. The number of carbonyl (C=O) groups is 1. The van der Waals surface area contributed by atoms with Gasteiger partial charge in [0.1, 0.15) is 0 Å². The summed E-state index contributed by atoms with van der Waals surface area (Å²) in [6.07, 6.45) is 0.976. The van der Waals surface area contributed by atoms with Gasteiger partial charge in [-0.2, -0.15) is 5.10 Å². The second-order valence-electron chi connectivity index (χ2n) is 5.24. The van der Waals surface area contributed by atoms with E-state index in [0.29, 0.717) is 23.9 Å². The first-order chi connectivity index (χ1) is 9.69. The van der Waals surface area contributed by atoms with Crippen LogP contribution >= 0.6 is 0 Å². The molecular formula is C14H18N4O2. The van der Waals surface area contributed by atoms with Crippen molar-refractivity contribution < 1.29 is 9.53 Å². The third-order valence-corrected chi connectivity index (χ3v) is 3.76. The zero-order valence-electron chi connectivity index (χ0n) is 11.4. The van der Waals surface area contributed by atoms with Crippen LogP contribution in [0, 0.1) is 5.92 Å². The molecule has 0 aliphatic carbocycles. The Kier molecular flexibility index (Phi) is 3.31. The summed E-state index contributed by atoms with van der Waals surface area (Å²) in [6, 6.07) is 5.42. The lowest BCUT2D eigenvalue weighted by atomic mass is 10.1. The topological polar surface area (TPSA) is 84.2 Å². The van der Waals surface area contributed by atoms with E-state index in [2.05, 4.69) is 10.2 Å². The molecule has 0 radical (unpaired) electrons. The van der Waals surface area contributed by atoms with Gasteiger partial charge in [-0.15, -0.1) is 0 Å². The number of carbonyl (C=O) groups excluding carboxylic acids is 1. The number of anilines is 1. The third kappa shape index (κ3) is 2.22. The van der Waals surface area contributed by atoms with Crippen LogP contribution in [0.4, 0.5) is 5.69 Å². The van der Waals surface area contributed by atoms with Crippen molar-refractivity contribution in [3.63, 3.8) is 0 Å². The average Bonchev–Trinajstić information content (AvgIpc) is 3.05. The number of methoxy groups -OCH3 is 1. The minimum absolute atomic E-state index is 0.0412. The van der Waals surface area contributed by atoms with Crippen molar-refractivity contribution in [1.29, 1.82) is 0 Å². The van der Waals surface area contributed by atoms with Crippen LogP contribution in [0.1, 0.15) is 16.9 Å². The van der Waals surface area contributed by atoms with E-state index in [1.54, 1.807) is 19.2 Å². The molecule has 2 heterocycles. The number of likely N-dealkylation sites (tertiary alicyclic amines) is 1. The predicted octanol–water partition coefficient (Wildman–Crippen LogP) is 1.25. The first-order valence-electron chi connectivity index (χ1n) is 6.71. The Hall–Kier alpha value is -2.08. The Morgan fingerprint density at radius 3 is 3.25 bits per heavy atom. The molecule has 2 aromatic rings. The Bertz CT molecular complexity index is 637. The number of aromatic amines is 1. The predicted molar refractivity (Wildman–Crippen MR) is 76.4 cm³/mol. The molecule has 1 amide bonds. The highest BCUT2D eigenvalue weighted by molar-refractivity contribution is 6.05. The van der Waals surface area contributed by atoms with Crippen molar-refractivity contribution in [3.05, 3.63) is 23.9 Å². The molecule has 1 atom stereocenters. The summed E-state index contributed by atoms with van der Waals surface area (Å²) in [5, 5.41) is 7.81. The lowest BCUT2D eigenvalue weighted by Crippen LogP contribution is -2.29. The highest BCUT2D eigenvalue weighted by atomic mass is 16.5. The molecule has 0 bridgehead atoms. The zero-order chi connectivity index (χ0) is 14.1. The van der Waals surface area contributed by atoms with Crippen LogP contribution in [-0.2, 0) is 4.74 Å². The molecule has 0 spiro atoms. The second-order valence-corrected chi connectivity index (χ2v) is 5.24. The number of aromatic nitrogens is 2. The highest BCUT2D eigenvalue weighted by Crippen LogP contribution is 2.23. The molecule has 1 fully saturated rings. The Morgan fingerprint density at radius 1 is 1.60 bits per heavy atom. The number of hydrogen-bond acceptors (Lipinski definition) is 4. The van der Waals surface area contributed by atoms with E-state index >= 15 is 0 Å². The maximum absolute atomic E-state index is 12.5. The van der Waals surface area contributed by atoms with Gasteiger partial charge in [-0.3, -0.25) is 9.89 Å². The largest absolute Gasteiger partial charge is 0.399 e. The summed E-state index contributed by atoms with van der Waals surface area (Å²) in [6.45, 7) is 2.17. The fourth-order valence-electron chi connectivity index (χ4n) is 2.73. The highest BCUT2D eigenvalue weighted by Gasteiger charge is 2.29.